The van der Waals surface area contributed by atoms with Gasteiger partial charge in [-0.1, -0.05) is 12.1 Å². The van der Waals surface area contributed by atoms with Crippen molar-refractivity contribution in [3.8, 4) is 17.1 Å². The molecule has 0 fully saturated rings. The number of aliphatic imine (C=N–C) groups is 1. The predicted octanol–water partition coefficient (Wildman–Crippen LogP) is 2.44. The first-order valence-electron chi connectivity index (χ1n) is 10.4. The van der Waals surface area contributed by atoms with Crippen molar-refractivity contribution in [1.82, 2.24) is 30.7 Å². The van der Waals surface area contributed by atoms with Crippen molar-refractivity contribution in [3.05, 3.63) is 65.5 Å². The second-order valence-corrected chi connectivity index (χ2v) is 7.28. The van der Waals surface area contributed by atoms with Gasteiger partial charge in [-0.25, -0.2) is 9.98 Å². The van der Waals surface area contributed by atoms with Crippen molar-refractivity contribution < 1.29 is 9.53 Å². The fourth-order valence-electron chi connectivity index (χ4n) is 2.93. The van der Waals surface area contributed by atoms with Crippen LogP contribution in [0.5, 0.6) is 5.75 Å². The van der Waals surface area contributed by atoms with E-state index in [0.717, 1.165) is 23.4 Å². The maximum Gasteiger partial charge on any atom is 0.253 e. The first-order chi connectivity index (χ1) is 15.5. The van der Waals surface area contributed by atoms with Gasteiger partial charge in [0.25, 0.3) is 5.91 Å². The Morgan fingerprint density at radius 3 is 2.44 bits per heavy atom. The summed E-state index contributed by atoms with van der Waals surface area (Å²) in [4.78, 5) is 22.7. The van der Waals surface area contributed by atoms with Gasteiger partial charge in [0.2, 0.25) is 0 Å². The van der Waals surface area contributed by atoms with Crippen LogP contribution < -0.4 is 15.4 Å². The van der Waals surface area contributed by atoms with Crippen LogP contribution in [-0.4, -0.2) is 59.7 Å². The van der Waals surface area contributed by atoms with Gasteiger partial charge in [-0.2, -0.15) is 5.10 Å². The number of carbonyl (C=O) groups excluding carboxylic acids is 1. The monoisotopic (exact) mass is 435 g/mol. The normalized spacial score (nSPS) is 11.2. The highest BCUT2D eigenvalue weighted by Gasteiger charge is 2.08. The second kappa shape index (κ2) is 10.9. The highest BCUT2D eigenvalue weighted by molar-refractivity contribution is 5.93. The molecular weight excluding hydrogens is 406 g/mol. The van der Waals surface area contributed by atoms with E-state index in [-0.39, 0.29) is 5.91 Å². The van der Waals surface area contributed by atoms with E-state index in [1.165, 1.54) is 0 Å². The lowest BCUT2D eigenvalue weighted by molar-refractivity contribution is 0.0827. The van der Waals surface area contributed by atoms with Gasteiger partial charge in [0, 0.05) is 31.8 Å². The van der Waals surface area contributed by atoms with E-state index in [4.69, 9.17) is 4.74 Å². The summed E-state index contributed by atoms with van der Waals surface area (Å²) >= 11 is 0. The van der Waals surface area contributed by atoms with Crippen molar-refractivity contribution in [1.29, 1.82) is 0 Å². The number of hydrogen-bond donors (Lipinski definition) is 3. The van der Waals surface area contributed by atoms with E-state index in [9.17, 15) is 4.79 Å². The number of amides is 1. The van der Waals surface area contributed by atoms with Crippen LogP contribution in [0, 0.1) is 0 Å². The Morgan fingerprint density at radius 1 is 1.09 bits per heavy atom. The van der Waals surface area contributed by atoms with Gasteiger partial charge in [-0.15, -0.1) is 0 Å². The van der Waals surface area contributed by atoms with Crippen molar-refractivity contribution in [2.75, 3.05) is 27.7 Å². The Morgan fingerprint density at radius 2 is 1.81 bits per heavy atom. The number of carbonyl (C=O) groups is 1. The topological polar surface area (TPSA) is 108 Å². The fraction of sp³-hybridized carbons (Fsp3) is 0.304. The van der Waals surface area contributed by atoms with Gasteiger partial charge < -0.3 is 20.3 Å². The zero-order valence-electron chi connectivity index (χ0n) is 18.8. The Balaban J connectivity index is 1.60. The number of nitrogens with one attached hydrogen (secondary N) is 3. The molecule has 0 bridgehead atoms. The minimum Gasteiger partial charge on any atom is -0.497 e. The SMILES string of the molecule is CCNC(=NCc1ccc(C(=O)N(C)C)cc1)NCc1nc(-c2ccc(OC)cc2)n[nH]1. The smallest absolute Gasteiger partial charge is 0.253 e. The highest BCUT2D eigenvalue weighted by atomic mass is 16.5. The van der Waals surface area contributed by atoms with Crippen molar-refractivity contribution in [3.63, 3.8) is 0 Å². The third-order valence-corrected chi connectivity index (χ3v) is 4.67. The Kier molecular flexibility index (Phi) is 7.80. The molecule has 0 aliphatic rings. The molecule has 3 rings (SSSR count). The zero-order valence-corrected chi connectivity index (χ0v) is 18.8. The number of hydrogen-bond acceptors (Lipinski definition) is 5. The van der Waals surface area contributed by atoms with E-state index in [2.05, 4.69) is 30.8 Å². The summed E-state index contributed by atoms with van der Waals surface area (Å²) in [5.41, 5.74) is 2.58. The maximum atomic E-state index is 12.0. The second-order valence-electron chi connectivity index (χ2n) is 7.28. The molecule has 3 N–H and O–H groups in total. The number of benzene rings is 2. The zero-order chi connectivity index (χ0) is 22.9. The van der Waals surface area contributed by atoms with Crippen LogP contribution in [0.1, 0.15) is 28.7 Å². The number of guanidine groups is 1. The van der Waals surface area contributed by atoms with Gasteiger partial charge in [-0.3, -0.25) is 9.89 Å². The molecule has 32 heavy (non-hydrogen) atoms. The Bertz CT molecular complexity index is 1040. The van der Waals surface area contributed by atoms with E-state index < -0.39 is 0 Å². The maximum absolute atomic E-state index is 12.0. The number of ether oxygens (including phenoxy) is 1. The van der Waals surface area contributed by atoms with E-state index in [0.29, 0.717) is 36.3 Å². The summed E-state index contributed by atoms with van der Waals surface area (Å²) in [5.74, 6) is 2.77. The summed E-state index contributed by atoms with van der Waals surface area (Å²) in [6.07, 6.45) is 0. The molecule has 0 radical (unpaired) electrons. The van der Waals surface area contributed by atoms with Gasteiger partial charge in [0.15, 0.2) is 11.8 Å². The molecule has 1 amide bonds. The van der Waals surface area contributed by atoms with E-state index >= 15 is 0 Å². The average molecular weight is 436 g/mol. The standard InChI is InChI=1S/C23H29N7O2/c1-5-24-23(25-14-16-6-8-18(9-7-16)22(31)30(2)3)26-15-20-27-21(29-28-20)17-10-12-19(32-4)13-11-17/h6-13H,5,14-15H2,1-4H3,(H2,24,25,26)(H,27,28,29). The molecule has 1 heterocycles. The van der Waals surface area contributed by atoms with Gasteiger partial charge in [0.1, 0.15) is 11.6 Å². The highest BCUT2D eigenvalue weighted by Crippen LogP contribution is 2.18. The van der Waals surface area contributed by atoms with Crippen molar-refractivity contribution >= 4 is 11.9 Å². The van der Waals surface area contributed by atoms with Crippen LogP contribution in [0.2, 0.25) is 0 Å². The molecule has 168 valence electrons. The van der Waals surface area contributed by atoms with Crippen LogP contribution in [0.15, 0.2) is 53.5 Å². The minimum atomic E-state index is -0.0175. The lowest BCUT2D eigenvalue weighted by Crippen LogP contribution is -2.37. The quantitative estimate of drug-likeness (QED) is 0.371. The largest absolute Gasteiger partial charge is 0.497 e. The van der Waals surface area contributed by atoms with Crippen LogP contribution in [0.25, 0.3) is 11.4 Å². The molecule has 0 spiro atoms. The van der Waals surface area contributed by atoms with Gasteiger partial charge in [-0.05, 0) is 48.9 Å². The van der Waals surface area contributed by atoms with Gasteiger partial charge in [0.05, 0.1) is 20.2 Å². The molecule has 0 unspecified atom stereocenters. The molecule has 1 aromatic heterocycles. The molecule has 0 aliphatic heterocycles. The molecular formula is C23H29N7O2. The summed E-state index contributed by atoms with van der Waals surface area (Å²) in [7, 11) is 5.11. The summed E-state index contributed by atoms with van der Waals surface area (Å²) in [5, 5.41) is 13.7. The Hall–Kier alpha value is -3.88. The predicted molar refractivity (Wildman–Crippen MR) is 124 cm³/mol. The number of aromatic amines is 1. The van der Waals surface area contributed by atoms with Gasteiger partial charge >= 0.3 is 0 Å². The lowest BCUT2D eigenvalue weighted by atomic mass is 10.1. The molecule has 3 aromatic rings. The third kappa shape index (κ3) is 6.07. The average Bonchev–Trinajstić information content (AvgIpc) is 3.30. The van der Waals surface area contributed by atoms with E-state index in [1.807, 2.05) is 55.5 Å². The molecule has 0 aliphatic carbocycles. The number of aromatic nitrogens is 3. The van der Waals surface area contributed by atoms with E-state index in [1.54, 1.807) is 26.1 Å². The van der Waals surface area contributed by atoms with Crippen molar-refractivity contribution in [2.45, 2.75) is 20.0 Å². The minimum absolute atomic E-state index is 0.0175. The molecule has 0 saturated heterocycles. The molecule has 0 saturated carbocycles. The lowest BCUT2D eigenvalue weighted by Gasteiger charge is -2.11. The van der Waals surface area contributed by atoms with Crippen LogP contribution in [-0.2, 0) is 13.1 Å². The van der Waals surface area contributed by atoms with Crippen molar-refractivity contribution in [2.24, 2.45) is 4.99 Å². The fourth-order valence-corrected chi connectivity index (χ4v) is 2.93. The number of rotatable bonds is 8. The molecule has 9 nitrogen and oxygen atoms in total. The summed E-state index contributed by atoms with van der Waals surface area (Å²) < 4.78 is 5.18. The number of H-pyrrole nitrogens is 1. The summed E-state index contributed by atoms with van der Waals surface area (Å²) in [6.45, 7) is 3.68. The number of nitrogens with zero attached hydrogens (tertiary/aromatic N) is 4. The Labute approximate surface area is 187 Å². The molecule has 0 atom stereocenters. The number of methoxy groups -OCH3 is 1. The summed E-state index contributed by atoms with van der Waals surface area (Å²) in [6, 6.07) is 15.1. The van der Waals surface area contributed by atoms with Crippen LogP contribution in [0.4, 0.5) is 0 Å². The van der Waals surface area contributed by atoms with Crippen LogP contribution >= 0.6 is 0 Å². The first-order valence-corrected chi connectivity index (χ1v) is 10.4. The molecule has 2 aromatic carbocycles. The van der Waals surface area contributed by atoms with Crippen LogP contribution in [0.3, 0.4) is 0 Å². The molecule has 9 heteroatoms. The first kappa shape index (κ1) is 22.8. The third-order valence-electron chi connectivity index (χ3n) is 4.67.